The van der Waals surface area contributed by atoms with E-state index in [1.807, 2.05) is 42.6 Å². The van der Waals surface area contributed by atoms with Gasteiger partial charge in [-0.1, -0.05) is 18.2 Å². The summed E-state index contributed by atoms with van der Waals surface area (Å²) in [5, 5.41) is 12.6. The van der Waals surface area contributed by atoms with Gasteiger partial charge in [-0.3, -0.25) is 0 Å². The number of hydrogen-bond acceptors (Lipinski definition) is 5. The summed E-state index contributed by atoms with van der Waals surface area (Å²) in [5.74, 6) is 0.555. The van der Waals surface area contributed by atoms with Crippen LogP contribution in [0.2, 0.25) is 0 Å². The average Bonchev–Trinajstić information content (AvgIpc) is 2.99. The lowest BCUT2D eigenvalue weighted by Crippen LogP contribution is -2.21. The maximum atomic E-state index is 9.59. The summed E-state index contributed by atoms with van der Waals surface area (Å²) in [4.78, 5) is 5.66. The summed E-state index contributed by atoms with van der Waals surface area (Å²) in [6.07, 6.45) is 0. The van der Waals surface area contributed by atoms with E-state index in [1.165, 1.54) is 0 Å². The minimum absolute atomic E-state index is 0.148. The maximum absolute atomic E-state index is 9.59. The summed E-state index contributed by atoms with van der Waals surface area (Å²) in [7, 11) is 0. The molecule has 0 saturated heterocycles. The van der Waals surface area contributed by atoms with Crippen molar-refractivity contribution in [1.82, 2.24) is 4.98 Å². The zero-order chi connectivity index (χ0) is 16.8. The summed E-state index contributed by atoms with van der Waals surface area (Å²) in [5.41, 5.74) is 9.10. The lowest BCUT2D eigenvalue weighted by atomic mass is 9.87. The van der Waals surface area contributed by atoms with E-state index in [2.05, 4.69) is 27.0 Å². The summed E-state index contributed by atoms with van der Waals surface area (Å²) >= 11 is 5.07. The molecule has 4 nitrogen and oxygen atoms in total. The molecule has 1 aliphatic heterocycles. The molecule has 0 aliphatic carbocycles. The third-order valence-corrected chi connectivity index (χ3v) is 5.81. The van der Waals surface area contributed by atoms with Crippen LogP contribution in [0.1, 0.15) is 22.1 Å². The quantitative estimate of drug-likeness (QED) is 0.651. The zero-order valence-corrected chi connectivity index (χ0v) is 15.1. The van der Waals surface area contributed by atoms with Gasteiger partial charge in [0, 0.05) is 31.4 Å². The van der Waals surface area contributed by atoms with Gasteiger partial charge >= 0.3 is 0 Å². The molecular formula is C18H12BrN3OS. The number of rotatable bonds is 1. The highest BCUT2D eigenvalue weighted by molar-refractivity contribution is 9.10. The Labute approximate surface area is 151 Å². The van der Waals surface area contributed by atoms with Gasteiger partial charge in [-0.05, 0) is 35.0 Å². The van der Waals surface area contributed by atoms with Gasteiger partial charge in [0.25, 0.3) is 0 Å². The lowest BCUT2D eigenvalue weighted by Gasteiger charge is -2.26. The Morgan fingerprint density at radius 2 is 2.12 bits per heavy atom. The number of pyridine rings is 1. The highest BCUT2D eigenvalue weighted by Crippen LogP contribution is 2.46. The fourth-order valence-electron chi connectivity index (χ4n) is 2.97. The van der Waals surface area contributed by atoms with Gasteiger partial charge in [0.2, 0.25) is 5.88 Å². The van der Waals surface area contributed by atoms with Gasteiger partial charge in [0.1, 0.15) is 17.2 Å². The first-order chi connectivity index (χ1) is 11.6. The normalized spacial score (nSPS) is 16.6. The molecule has 0 bridgehead atoms. The van der Waals surface area contributed by atoms with Crippen molar-refractivity contribution in [3.63, 3.8) is 0 Å². The number of aryl methyl sites for hydroxylation is 1. The number of ether oxygens (including phenoxy) is 1. The van der Waals surface area contributed by atoms with E-state index in [9.17, 15) is 5.26 Å². The Hall–Kier alpha value is -2.36. The number of aromatic nitrogens is 1. The minimum atomic E-state index is -0.234. The molecule has 118 valence electrons. The number of benzene rings is 1. The van der Waals surface area contributed by atoms with Crippen molar-refractivity contribution in [1.29, 1.82) is 5.26 Å². The molecule has 6 heteroatoms. The molecule has 0 spiro atoms. The van der Waals surface area contributed by atoms with E-state index >= 15 is 0 Å². The van der Waals surface area contributed by atoms with Crippen molar-refractivity contribution in [2.24, 2.45) is 5.73 Å². The molecule has 2 N–H and O–H groups in total. The van der Waals surface area contributed by atoms with Crippen molar-refractivity contribution in [2.45, 2.75) is 12.8 Å². The van der Waals surface area contributed by atoms with Crippen LogP contribution in [0.5, 0.6) is 5.75 Å². The number of nitrogens with two attached hydrogens (primary N) is 1. The van der Waals surface area contributed by atoms with Crippen LogP contribution >= 0.6 is 27.3 Å². The highest BCUT2D eigenvalue weighted by atomic mass is 79.9. The van der Waals surface area contributed by atoms with E-state index in [0.29, 0.717) is 11.3 Å². The third kappa shape index (κ3) is 2.29. The second kappa shape index (κ2) is 5.62. The van der Waals surface area contributed by atoms with Crippen molar-refractivity contribution >= 4 is 38.2 Å². The molecule has 4 rings (SSSR count). The van der Waals surface area contributed by atoms with E-state index < -0.39 is 0 Å². The first-order valence-corrected chi connectivity index (χ1v) is 8.97. The fraction of sp³-hybridized carbons (Fsp3) is 0.111. The topological polar surface area (TPSA) is 71.9 Å². The van der Waals surface area contributed by atoms with Crippen molar-refractivity contribution in [3.05, 3.63) is 67.8 Å². The number of halogens is 1. The van der Waals surface area contributed by atoms with E-state index in [-0.39, 0.29) is 11.8 Å². The lowest BCUT2D eigenvalue weighted by molar-refractivity contribution is 0.398. The van der Waals surface area contributed by atoms with Crippen molar-refractivity contribution < 1.29 is 4.74 Å². The summed E-state index contributed by atoms with van der Waals surface area (Å²) in [6, 6.07) is 12.2. The number of nitrogens with zero attached hydrogens (tertiary/aromatic N) is 2. The largest absolute Gasteiger partial charge is 0.438 e. The number of nitriles is 1. The predicted octanol–water partition coefficient (Wildman–Crippen LogP) is 4.59. The van der Waals surface area contributed by atoms with Crippen LogP contribution in [0.4, 0.5) is 0 Å². The monoisotopic (exact) mass is 397 g/mol. The van der Waals surface area contributed by atoms with Gasteiger partial charge in [0.15, 0.2) is 5.75 Å². The van der Waals surface area contributed by atoms with Crippen molar-refractivity contribution in [3.8, 4) is 11.8 Å². The van der Waals surface area contributed by atoms with Gasteiger partial charge < -0.3 is 10.5 Å². The van der Waals surface area contributed by atoms with Crippen LogP contribution in [0, 0.1) is 18.3 Å². The summed E-state index contributed by atoms with van der Waals surface area (Å²) < 4.78 is 6.81. The maximum Gasteiger partial charge on any atom is 0.205 e. The molecule has 2 aromatic heterocycles. The molecule has 0 saturated carbocycles. The molecule has 1 aromatic carbocycles. The Morgan fingerprint density at radius 1 is 1.33 bits per heavy atom. The Bertz CT molecular complexity index is 1050. The first-order valence-electron chi connectivity index (χ1n) is 7.30. The smallest absolute Gasteiger partial charge is 0.205 e. The molecule has 3 heterocycles. The standard InChI is InChI=1S/C18H12BrN3OS/c1-9-2-3-10-4-5-12-15(14-6-11(19)8-24-14)13(7-20)18(21)23-17(12)16(10)22-9/h2-6,8,15H,21H2,1H3. The molecule has 0 fully saturated rings. The van der Waals surface area contributed by atoms with Crippen LogP contribution in [-0.4, -0.2) is 4.98 Å². The van der Waals surface area contributed by atoms with Crippen LogP contribution in [0.15, 0.2) is 51.6 Å². The average molecular weight is 398 g/mol. The number of allylic oxidation sites excluding steroid dienone is 1. The highest BCUT2D eigenvalue weighted by Gasteiger charge is 2.33. The molecule has 3 aromatic rings. The molecule has 1 atom stereocenters. The molecule has 0 radical (unpaired) electrons. The first kappa shape index (κ1) is 15.2. The van der Waals surface area contributed by atoms with Gasteiger partial charge in [-0.15, -0.1) is 11.3 Å². The molecule has 0 amide bonds. The van der Waals surface area contributed by atoms with Gasteiger partial charge in [-0.25, -0.2) is 4.98 Å². The molecule has 1 unspecified atom stereocenters. The SMILES string of the molecule is Cc1ccc2ccc3c(c2n1)OC(N)=C(C#N)C3c1cc(Br)cs1. The van der Waals surface area contributed by atoms with Crippen molar-refractivity contribution in [2.75, 3.05) is 0 Å². The number of hydrogen-bond donors (Lipinski definition) is 1. The third-order valence-electron chi connectivity index (χ3n) is 4.06. The van der Waals surface area contributed by atoms with Crippen LogP contribution in [-0.2, 0) is 0 Å². The number of fused-ring (bicyclic) bond motifs is 3. The van der Waals surface area contributed by atoms with Crippen LogP contribution < -0.4 is 10.5 Å². The fourth-order valence-corrected chi connectivity index (χ4v) is 4.54. The van der Waals surface area contributed by atoms with Crippen LogP contribution in [0.25, 0.3) is 10.9 Å². The molecule has 1 aliphatic rings. The van der Waals surface area contributed by atoms with E-state index in [1.54, 1.807) is 11.3 Å². The van der Waals surface area contributed by atoms with Gasteiger partial charge in [-0.2, -0.15) is 5.26 Å². The molecule has 24 heavy (non-hydrogen) atoms. The Balaban J connectivity index is 2.03. The Morgan fingerprint density at radius 3 is 2.83 bits per heavy atom. The minimum Gasteiger partial charge on any atom is -0.438 e. The Kier molecular flexibility index (Phi) is 3.56. The zero-order valence-electron chi connectivity index (χ0n) is 12.7. The predicted molar refractivity (Wildman–Crippen MR) is 97.8 cm³/mol. The molecular weight excluding hydrogens is 386 g/mol. The van der Waals surface area contributed by atoms with Gasteiger partial charge in [0.05, 0.1) is 5.92 Å². The van der Waals surface area contributed by atoms with Crippen LogP contribution in [0.3, 0.4) is 0 Å². The number of thiophene rings is 1. The van der Waals surface area contributed by atoms with E-state index in [0.717, 1.165) is 31.5 Å². The second-order valence-electron chi connectivity index (χ2n) is 5.60. The summed E-state index contributed by atoms with van der Waals surface area (Å²) in [6.45, 7) is 1.94. The second-order valence-corrected chi connectivity index (χ2v) is 7.46. The van der Waals surface area contributed by atoms with E-state index in [4.69, 9.17) is 10.5 Å².